The molecule has 2 atom stereocenters. The summed E-state index contributed by atoms with van der Waals surface area (Å²) >= 11 is 0. The van der Waals surface area contributed by atoms with E-state index in [9.17, 15) is 8.42 Å². The monoisotopic (exact) mass is 488 g/mol. The first-order chi connectivity index (χ1) is 16.3. The lowest BCUT2D eigenvalue weighted by Crippen LogP contribution is -2.45. The third-order valence-electron chi connectivity index (χ3n) is 6.94. The summed E-state index contributed by atoms with van der Waals surface area (Å²) in [6, 6.07) is 0.227. The van der Waals surface area contributed by atoms with Crippen molar-refractivity contribution in [2.24, 2.45) is 0 Å². The molecule has 5 rings (SSSR count). The number of hydrogen-bond donors (Lipinski definition) is 1. The van der Waals surface area contributed by atoms with Crippen LogP contribution in [0, 0.1) is 0 Å². The lowest BCUT2D eigenvalue weighted by Gasteiger charge is -2.34. The molecule has 0 spiro atoms. The first kappa shape index (κ1) is 23.2. The smallest absolute Gasteiger partial charge is 0.228 e. The number of nitrogen functional groups attached to an aromatic ring is 1. The predicted octanol–water partition coefficient (Wildman–Crippen LogP) is 0.916. The van der Waals surface area contributed by atoms with Crippen molar-refractivity contribution in [3.63, 3.8) is 0 Å². The summed E-state index contributed by atoms with van der Waals surface area (Å²) in [5.41, 5.74) is 8.37. The molecule has 3 aliphatic rings. The molecule has 11 nitrogen and oxygen atoms in total. The first-order valence-electron chi connectivity index (χ1n) is 11.8. The minimum Gasteiger partial charge on any atom is -0.377 e. The van der Waals surface area contributed by atoms with Crippen LogP contribution in [0.15, 0.2) is 12.4 Å². The third-order valence-corrected chi connectivity index (χ3v) is 9.18. The lowest BCUT2D eigenvalue weighted by molar-refractivity contribution is 0.0981. The zero-order chi connectivity index (χ0) is 24.0. The van der Waals surface area contributed by atoms with Gasteiger partial charge >= 0.3 is 0 Å². The largest absolute Gasteiger partial charge is 0.377 e. The third kappa shape index (κ3) is 4.07. The van der Waals surface area contributed by atoms with Crippen molar-refractivity contribution in [2.45, 2.75) is 50.9 Å². The molecule has 2 aromatic rings. The van der Waals surface area contributed by atoms with Crippen LogP contribution in [0.2, 0.25) is 0 Å². The van der Waals surface area contributed by atoms with Crippen molar-refractivity contribution in [3.8, 4) is 11.3 Å². The Morgan fingerprint density at radius 1 is 1.12 bits per heavy atom. The van der Waals surface area contributed by atoms with Gasteiger partial charge in [0.1, 0.15) is 5.82 Å². The van der Waals surface area contributed by atoms with Crippen LogP contribution in [-0.2, 0) is 21.2 Å². The van der Waals surface area contributed by atoms with E-state index in [4.69, 9.17) is 20.4 Å². The highest BCUT2D eigenvalue weighted by atomic mass is 32.2. The van der Waals surface area contributed by atoms with E-state index >= 15 is 0 Å². The van der Waals surface area contributed by atoms with Crippen molar-refractivity contribution in [3.05, 3.63) is 18.0 Å². The molecule has 0 aliphatic carbocycles. The Morgan fingerprint density at radius 3 is 2.59 bits per heavy atom. The van der Waals surface area contributed by atoms with Gasteiger partial charge in [-0.1, -0.05) is 0 Å². The maximum absolute atomic E-state index is 12.7. The molecule has 2 aromatic heterocycles. The number of hydrogen-bond acceptors (Lipinski definition) is 10. The standard InChI is InChI=1S/C22H32N8O3S/c1-14(2)34(31,32)28-6-4-17(12-28)30-7-5-18-19(16-10-24-21(23)25-11-16)26-22(27-20(18)30)29-8-9-33-13-15(29)3/h10-11,14-15,17H,4-9,12-13H2,1-3H3,(H2,23,24,25). The molecular formula is C22H32N8O3S. The molecule has 12 heteroatoms. The molecule has 3 aliphatic heterocycles. The van der Waals surface area contributed by atoms with Gasteiger partial charge in [-0.15, -0.1) is 0 Å². The van der Waals surface area contributed by atoms with Crippen molar-refractivity contribution in [1.29, 1.82) is 0 Å². The number of morpholine rings is 1. The molecule has 2 N–H and O–H groups in total. The van der Waals surface area contributed by atoms with Crippen LogP contribution in [-0.4, -0.2) is 89.4 Å². The fraction of sp³-hybridized carbons (Fsp3) is 0.636. The first-order valence-corrected chi connectivity index (χ1v) is 13.3. The quantitative estimate of drug-likeness (QED) is 0.648. The summed E-state index contributed by atoms with van der Waals surface area (Å²) in [5, 5.41) is -0.425. The molecule has 2 saturated heterocycles. The van der Waals surface area contributed by atoms with Crippen molar-refractivity contribution >= 4 is 27.7 Å². The number of aromatic nitrogens is 4. The van der Waals surface area contributed by atoms with Gasteiger partial charge in [0.2, 0.25) is 21.9 Å². The van der Waals surface area contributed by atoms with E-state index in [1.165, 1.54) is 0 Å². The van der Waals surface area contributed by atoms with Crippen LogP contribution in [0.3, 0.4) is 0 Å². The second kappa shape index (κ2) is 8.90. The van der Waals surface area contributed by atoms with Gasteiger partial charge in [0, 0.05) is 55.7 Å². The molecular weight excluding hydrogens is 456 g/mol. The van der Waals surface area contributed by atoms with Crippen LogP contribution in [0.1, 0.15) is 32.8 Å². The average Bonchev–Trinajstić information content (AvgIpc) is 3.47. The Balaban J connectivity index is 1.53. The van der Waals surface area contributed by atoms with Gasteiger partial charge in [0.05, 0.1) is 30.2 Å². The van der Waals surface area contributed by atoms with E-state index in [1.54, 1.807) is 30.5 Å². The highest BCUT2D eigenvalue weighted by molar-refractivity contribution is 7.89. The zero-order valence-electron chi connectivity index (χ0n) is 19.9. The number of ether oxygens (including phenoxy) is 1. The van der Waals surface area contributed by atoms with Crippen LogP contribution < -0.4 is 15.5 Å². The van der Waals surface area contributed by atoms with Gasteiger partial charge in [0.25, 0.3) is 0 Å². The summed E-state index contributed by atoms with van der Waals surface area (Å²) in [5.74, 6) is 1.75. The Labute approximate surface area is 200 Å². The van der Waals surface area contributed by atoms with Crippen molar-refractivity contribution in [2.75, 3.05) is 54.9 Å². The minimum absolute atomic E-state index is 0.0788. The Kier molecular flexibility index (Phi) is 6.07. The van der Waals surface area contributed by atoms with Crippen LogP contribution in [0.4, 0.5) is 17.7 Å². The van der Waals surface area contributed by atoms with E-state index in [0.717, 1.165) is 42.0 Å². The number of rotatable bonds is 5. The summed E-state index contributed by atoms with van der Waals surface area (Å²) in [4.78, 5) is 22.8. The molecule has 0 saturated carbocycles. The number of sulfonamides is 1. The maximum atomic E-state index is 12.7. The van der Waals surface area contributed by atoms with Gasteiger partial charge in [-0.05, 0) is 33.6 Å². The summed E-state index contributed by atoms with van der Waals surface area (Å²) in [6.45, 7) is 9.31. The van der Waals surface area contributed by atoms with E-state index in [1.807, 2.05) is 0 Å². The van der Waals surface area contributed by atoms with Gasteiger partial charge in [-0.2, -0.15) is 9.29 Å². The Morgan fingerprint density at radius 2 is 1.88 bits per heavy atom. The topological polar surface area (TPSA) is 131 Å². The van der Waals surface area contributed by atoms with E-state index in [2.05, 4.69) is 26.7 Å². The van der Waals surface area contributed by atoms with Crippen LogP contribution >= 0.6 is 0 Å². The maximum Gasteiger partial charge on any atom is 0.228 e. The van der Waals surface area contributed by atoms with E-state index in [-0.39, 0.29) is 18.0 Å². The minimum atomic E-state index is -3.28. The van der Waals surface area contributed by atoms with E-state index in [0.29, 0.717) is 38.8 Å². The lowest BCUT2D eigenvalue weighted by atomic mass is 10.1. The molecule has 2 fully saturated rings. The number of fused-ring (bicyclic) bond motifs is 1. The average molecular weight is 489 g/mol. The predicted molar refractivity (Wildman–Crippen MR) is 130 cm³/mol. The summed E-state index contributed by atoms with van der Waals surface area (Å²) < 4.78 is 32.7. The van der Waals surface area contributed by atoms with Gasteiger partial charge in [-0.3, -0.25) is 0 Å². The van der Waals surface area contributed by atoms with Gasteiger partial charge < -0.3 is 20.3 Å². The molecule has 34 heavy (non-hydrogen) atoms. The second-order valence-corrected chi connectivity index (χ2v) is 11.9. The molecule has 184 valence electrons. The Bertz CT molecular complexity index is 1160. The van der Waals surface area contributed by atoms with Gasteiger partial charge in [-0.25, -0.2) is 23.4 Å². The SMILES string of the molecule is CC1COCCN1c1nc(-c2cnc(N)nc2)c2c(n1)N(C1CCN(S(=O)(=O)C(C)C)C1)CC2. The fourth-order valence-corrected chi connectivity index (χ4v) is 6.30. The normalized spacial score (nSPS) is 23.6. The number of nitrogens with zero attached hydrogens (tertiary/aromatic N) is 7. The van der Waals surface area contributed by atoms with Crippen molar-refractivity contribution in [1.82, 2.24) is 24.2 Å². The fourth-order valence-electron chi connectivity index (χ4n) is 4.97. The second-order valence-electron chi connectivity index (χ2n) is 9.46. The van der Waals surface area contributed by atoms with Crippen LogP contribution in [0.25, 0.3) is 11.3 Å². The number of anilines is 3. The van der Waals surface area contributed by atoms with E-state index < -0.39 is 15.3 Å². The highest BCUT2D eigenvalue weighted by Crippen LogP contribution is 2.38. The number of nitrogens with two attached hydrogens (primary N) is 1. The van der Waals surface area contributed by atoms with Gasteiger partial charge in [0.15, 0.2) is 0 Å². The Hall–Kier alpha value is -2.57. The molecule has 5 heterocycles. The molecule has 0 radical (unpaired) electrons. The van der Waals surface area contributed by atoms with Crippen molar-refractivity contribution < 1.29 is 13.2 Å². The summed E-state index contributed by atoms with van der Waals surface area (Å²) in [7, 11) is -3.28. The molecule has 0 aromatic carbocycles. The molecule has 0 amide bonds. The summed E-state index contributed by atoms with van der Waals surface area (Å²) in [6.07, 6.45) is 4.96. The van der Waals surface area contributed by atoms with Crippen LogP contribution in [0.5, 0.6) is 0 Å². The molecule has 2 unspecified atom stereocenters. The highest BCUT2D eigenvalue weighted by Gasteiger charge is 2.39. The molecule has 0 bridgehead atoms. The zero-order valence-corrected chi connectivity index (χ0v) is 20.7.